The second kappa shape index (κ2) is 6.33. The van der Waals surface area contributed by atoms with Crippen molar-refractivity contribution in [1.29, 1.82) is 0 Å². The molecule has 1 N–H and O–H groups in total. The van der Waals surface area contributed by atoms with Gasteiger partial charge in [0, 0.05) is 32.2 Å². The summed E-state index contributed by atoms with van der Waals surface area (Å²) in [6.45, 7) is 7.97. The Bertz CT molecular complexity index is 248. The van der Waals surface area contributed by atoms with Crippen LogP contribution in [0.1, 0.15) is 32.6 Å². The molecule has 0 aromatic carbocycles. The van der Waals surface area contributed by atoms with Gasteiger partial charge in [0.25, 0.3) is 0 Å². The van der Waals surface area contributed by atoms with Gasteiger partial charge in [0.05, 0.1) is 18.8 Å². The largest absolute Gasteiger partial charge is 0.389 e. The van der Waals surface area contributed by atoms with Gasteiger partial charge in [0.1, 0.15) is 0 Å². The zero-order valence-electron chi connectivity index (χ0n) is 11.9. The molecule has 2 rings (SSSR count). The molecule has 0 amide bonds. The molecule has 18 heavy (non-hydrogen) atoms. The Morgan fingerprint density at radius 1 is 1.28 bits per heavy atom. The fourth-order valence-electron chi connectivity index (χ4n) is 3.11. The van der Waals surface area contributed by atoms with E-state index >= 15 is 0 Å². The summed E-state index contributed by atoms with van der Waals surface area (Å²) >= 11 is 0. The maximum Gasteiger partial charge on any atom is 0.0774 e. The lowest BCUT2D eigenvalue weighted by Gasteiger charge is -2.36. The molecule has 1 atom stereocenters. The van der Waals surface area contributed by atoms with E-state index in [2.05, 4.69) is 23.8 Å². The summed E-state index contributed by atoms with van der Waals surface area (Å²) in [4.78, 5) is 4.78. The van der Waals surface area contributed by atoms with E-state index in [1.807, 2.05) is 0 Å². The molecule has 1 saturated heterocycles. The van der Waals surface area contributed by atoms with Crippen molar-refractivity contribution in [1.82, 2.24) is 9.80 Å². The number of aliphatic hydroxyl groups is 1. The fourth-order valence-corrected chi connectivity index (χ4v) is 3.11. The van der Waals surface area contributed by atoms with Crippen LogP contribution in [0.2, 0.25) is 0 Å². The lowest BCUT2D eigenvalue weighted by atomic mass is 10.0. The van der Waals surface area contributed by atoms with Crippen LogP contribution in [-0.4, -0.2) is 73.0 Å². The smallest absolute Gasteiger partial charge is 0.0774 e. The second-order valence-electron chi connectivity index (χ2n) is 6.11. The lowest BCUT2D eigenvalue weighted by molar-refractivity contribution is -0.00707. The number of hydrogen-bond acceptors (Lipinski definition) is 4. The lowest BCUT2D eigenvalue weighted by Crippen LogP contribution is -2.49. The molecule has 0 spiro atoms. The van der Waals surface area contributed by atoms with Crippen LogP contribution in [0.4, 0.5) is 0 Å². The summed E-state index contributed by atoms with van der Waals surface area (Å²) in [7, 11) is 2.14. The van der Waals surface area contributed by atoms with Crippen LogP contribution in [0.15, 0.2) is 0 Å². The first-order valence-corrected chi connectivity index (χ1v) is 7.32. The van der Waals surface area contributed by atoms with Crippen molar-refractivity contribution >= 4 is 0 Å². The van der Waals surface area contributed by atoms with Crippen LogP contribution in [0.25, 0.3) is 0 Å². The topological polar surface area (TPSA) is 35.9 Å². The highest BCUT2D eigenvalue weighted by Gasteiger charge is 2.33. The van der Waals surface area contributed by atoms with Crippen molar-refractivity contribution in [2.24, 2.45) is 0 Å². The highest BCUT2D eigenvalue weighted by molar-refractivity contribution is 4.88. The molecule has 1 unspecified atom stereocenters. The van der Waals surface area contributed by atoms with E-state index in [0.717, 1.165) is 52.2 Å². The van der Waals surface area contributed by atoms with Crippen molar-refractivity contribution in [2.45, 2.75) is 44.2 Å². The quantitative estimate of drug-likeness (QED) is 0.794. The Morgan fingerprint density at radius 3 is 2.50 bits per heavy atom. The molecular formula is C14H28N2O2. The standard InChI is InChI=1S/C14H28N2O2/c1-13(11-16-7-9-18-10-8-16)15(2)12-14(17)5-3-4-6-14/h13,17H,3-12H2,1-2H3. The van der Waals surface area contributed by atoms with Crippen molar-refractivity contribution in [2.75, 3.05) is 46.4 Å². The average molecular weight is 256 g/mol. The highest BCUT2D eigenvalue weighted by atomic mass is 16.5. The maximum atomic E-state index is 10.4. The minimum atomic E-state index is -0.423. The van der Waals surface area contributed by atoms with Crippen molar-refractivity contribution in [3.63, 3.8) is 0 Å². The number of nitrogens with zero attached hydrogens (tertiary/aromatic N) is 2. The molecule has 0 bridgehead atoms. The molecule has 4 nitrogen and oxygen atoms in total. The molecule has 2 aliphatic rings. The molecule has 1 aliphatic carbocycles. The van der Waals surface area contributed by atoms with E-state index in [-0.39, 0.29) is 0 Å². The molecule has 1 aliphatic heterocycles. The van der Waals surface area contributed by atoms with Gasteiger partial charge in [0.2, 0.25) is 0 Å². The summed E-state index contributed by atoms with van der Waals surface area (Å²) in [5.74, 6) is 0. The van der Waals surface area contributed by atoms with Crippen molar-refractivity contribution < 1.29 is 9.84 Å². The predicted molar refractivity (Wildman–Crippen MR) is 72.8 cm³/mol. The van der Waals surface area contributed by atoms with Crippen LogP contribution < -0.4 is 0 Å². The van der Waals surface area contributed by atoms with Crippen LogP contribution in [0.3, 0.4) is 0 Å². The SMILES string of the molecule is CC(CN1CCOCC1)N(C)CC1(O)CCCC1. The van der Waals surface area contributed by atoms with E-state index < -0.39 is 5.60 Å². The van der Waals surface area contributed by atoms with E-state index in [1.54, 1.807) is 0 Å². The molecule has 0 radical (unpaired) electrons. The van der Waals surface area contributed by atoms with Gasteiger partial charge in [-0.3, -0.25) is 9.80 Å². The van der Waals surface area contributed by atoms with E-state index in [4.69, 9.17) is 4.74 Å². The highest BCUT2D eigenvalue weighted by Crippen LogP contribution is 2.30. The van der Waals surface area contributed by atoms with Gasteiger partial charge in [0.15, 0.2) is 0 Å². The van der Waals surface area contributed by atoms with Gasteiger partial charge >= 0.3 is 0 Å². The third-order valence-corrected chi connectivity index (χ3v) is 4.46. The first-order valence-electron chi connectivity index (χ1n) is 7.32. The van der Waals surface area contributed by atoms with Crippen molar-refractivity contribution in [3.05, 3.63) is 0 Å². The summed E-state index contributed by atoms with van der Waals surface area (Å²) in [5, 5.41) is 10.4. The Kier molecular flexibility index (Phi) is 5.01. The third kappa shape index (κ3) is 3.92. The van der Waals surface area contributed by atoms with Gasteiger partial charge in [-0.15, -0.1) is 0 Å². The Morgan fingerprint density at radius 2 is 1.89 bits per heavy atom. The monoisotopic (exact) mass is 256 g/mol. The number of ether oxygens (including phenoxy) is 1. The first-order chi connectivity index (χ1) is 8.59. The van der Waals surface area contributed by atoms with Gasteiger partial charge in [-0.05, 0) is 26.8 Å². The number of hydrogen-bond donors (Lipinski definition) is 1. The predicted octanol–water partition coefficient (Wildman–Crippen LogP) is 0.944. The molecule has 106 valence electrons. The summed E-state index contributed by atoms with van der Waals surface area (Å²) in [6.07, 6.45) is 4.31. The number of likely N-dealkylation sites (N-methyl/N-ethyl adjacent to an activating group) is 1. The second-order valence-corrected chi connectivity index (χ2v) is 6.11. The molecule has 0 aromatic rings. The van der Waals surface area contributed by atoms with Gasteiger partial charge < -0.3 is 9.84 Å². The molecular weight excluding hydrogens is 228 g/mol. The fraction of sp³-hybridized carbons (Fsp3) is 1.00. The zero-order chi connectivity index (χ0) is 13.0. The molecule has 4 heteroatoms. The minimum absolute atomic E-state index is 0.423. The summed E-state index contributed by atoms with van der Waals surface area (Å²) in [5.41, 5.74) is -0.423. The van der Waals surface area contributed by atoms with E-state index in [1.165, 1.54) is 12.8 Å². The van der Waals surface area contributed by atoms with Gasteiger partial charge in [-0.2, -0.15) is 0 Å². The molecule has 2 fully saturated rings. The van der Waals surface area contributed by atoms with E-state index in [9.17, 15) is 5.11 Å². The Hall–Kier alpha value is -0.160. The number of rotatable bonds is 5. The van der Waals surface area contributed by atoms with Crippen LogP contribution >= 0.6 is 0 Å². The van der Waals surface area contributed by atoms with Gasteiger partial charge in [-0.1, -0.05) is 12.8 Å². The average Bonchev–Trinajstić information content (AvgIpc) is 2.77. The van der Waals surface area contributed by atoms with Crippen LogP contribution in [-0.2, 0) is 4.74 Å². The normalized spacial score (nSPS) is 26.7. The molecule has 1 heterocycles. The summed E-state index contributed by atoms with van der Waals surface area (Å²) < 4.78 is 5.37. The Balaban J connectivity index is 1.75. The summed E-state index contributed by atoms with van der Waals surface area (Å²) in [6, 6.07) is 0.493. The Labute approximate surface area is 111 Å². The van der Waals surface area contributed by atoms with E-state index in [0.29, 0.717) is 6.04 Å². The van der Waals surface area contributed by atoms with Crippen LogP contribution in [0, 0.1) is 0 Å². The maximum absolute atomic E-state index is 10.4. The first kappa shape index (κ1) is 14.3. The minimum Gasteiger partial charge on any atom is -0.389 e. The molecule has 1 saturated carbocycles. The third-order valence-electron chi connectivity index (χ3n) is 4.46. The zero-order valence-corrected chi connectivity index (χ0v) is 11.9. The molecule has 0 aromatic heterocycles. The number of morpholine rings is 1. The van der Waals surface area contributed by atoms with Gasteiger partial charge in [-0.25, -0.2) is 0 Å². The van der Waals surface area contributed by atoms with Crippen molar-refractivity contribution in [3.8, 4) is 0 Å². The van der Waals surface area contributed by atoms with Crippen LogP contribution in [0.5, 0.6) is 0 Å².